The molecule has 1 aromatic heterocycles. The third kappa shape index (κ3) is 3.20. The van der Waals surface area contributed by atoms with E-state index in [1.54, 1.807) is 0 Å². The highest BCUT2D eigenvalue weighted by molar-refractivity contribution is 14.1. The number of nitrogens with zero attached hydrogens (tertiary/aromatic N) is 2. The zero-order chi connectivity index (χ0) is 14.7. The Bertz CT molecular complexity index is 614. The molecule has 5 heteroatoms. The number of hydrogen-bond acceptors (Lipinski definition) is 4. The first kappa shape index (κ1) is 15.0. The van der Waals surface area contributed by atoms with Crippen molar-refractivity contribution in [1.29, 1.82) is 0 Å². The van der Waals surface area contributed by atoms with Gasteiger partial charge < -0.3 is 10.5 Å². The molecular weight excluding hydrogens is 365 g/mol. The maximum absolute atomic E-state index is 6.00. The second-order valence-corrected chi connectivity index (χ2v) is 5.83. The predicted molar refractivity (Wildman–Crippen MR) is 89.9 cm³/mol. The van der Waals surface area contributed by atoms with Crippen LogP contribution in [-0.4, -0.2) is 16.6 Å². The fourth-order valence-electron chi connectivity index (χ4n) is 1.89. The van der Waals surface area contributed by atoms with E-state index in [9.17, 15) is 0 Å². The van der Waals surface area contributed by atoms with E-state index in [4.69, 9.17) is 10.5 Å². The van der Waals surface area contributed by atoms with E-state index >= 15 is 0 Å². The van der Waals surface area contributed by atoms with Crippen molar-refractivity contribution in [1.82, 2.24) is 9.97 Å². The highest BCUT2D eigenvalue weighted by Crippen LogP contribution is 2.28. The van der Waals surface area contributed by atoms with E-state index in [2.05, 4.69) is 46.4 Å². The van der Waals surface area contributed by atoms with E-state index in [0.717, 1.165) is 20.6 Å². The number of ether oxygens (including phenoxy) is 1. The molecule has 1 aromatic carbocycles. The number of halogens is 1. The topological polar surface area (TPSA) is 61.0 Å². The Hall–Kier alpha value is -1.37. The van der Waals surface area contributed by atoms with Crippen LogP contribution < -0.4 is 10.5 Å². The quantitative estimate of drug-likeness (QED) is 0.815. The van der Waals surface area contributed by atoms with Gasteiger partial charge in [0.05, 0.1) is 15.9 Å². The maximum atomic E-state index is 6.00. The molecule has 0 fully saturated rings. The van der Waals surface area contributed by atoms with Crippen LogP contribution in [0.3, 0.4) is 0 Å². The van der Waals surface area contributed by atoms with Gasteiger partial charge in [0.2, 0.25) is 0 Å². The van der Waals surface area contributed by atoms with Gasteiger partial charge in [0, 0.05) is 5.56 Å². The second kappa shape index (κ2) is 6.39. The fourth-order valence-corrected chi connectivity index (χ4v) is 2.75. The van der Waals surface area contributed by atoms with Crippen molar-refractivity contribution >= 4 is 28.4 Å². The van der Waals surface area contributed by atoms with Crippen LogP contribution >= 0.6 is 22.6 Å². The molecule has 2 rings (SSSR count). The molecule has 2 aromatic rings. The van der Waals surface area contributed by atoms with Gasteiger partial charge in [-0.1, -0.05) is 26.0 Å². The SMILES string of the molecule is CCOc1cccc(-c2nc(N)c(I)c(C(C)C)n2)c1. The lowest BCUT2D eigenvalue weighted by Crippen LogP contribution is -2.06. The van der Waals surface area contributed by atoms with Gasteiger partial charge in [0.1, 0.15) is 11.6 Å². The molecule has 20 heavy (non-hydrogen) atoms. The molecule has 0 amide bonds. The van der Waals surface area contributed by atoms with Crippen LogP contribution in [0.15, 0.2) is 24.3 Å². The summed E-state index contributed by atoms with van der Waals surface area (Å²) in [5, 5.41) is 0. The minimum absolute atomic E-state index is 0.307. The van der Waals surface area contributed by atoms with E-state index < -0.39 is 0 Å². The third-order valence-corrected chi connectivity index (χ3v) is 3.96. The smallest absolute Gasteiger partial charge is 0.161 e. The van der Waals surface area contributed by atoms with Crippen molar-refractivity contribution in [3.63, 3.8) is 0 Å². The molecular formula is C15H18IN3O. The van der Waals surface area contributed by atoms with Gasteiger partial charge in [-0.2, -0.15) is 0 Å². The van der Waals surface area contributed by atoms with Gasteiger partial charge in [-0.25, -0.2) is 9.97 Å². The molecule has 0 aliphatic rings. The summed E-state index contributed by atoms with van der Waals surface area (Å²) in [6.07, 6.45) is 0. The van der Waals surface area contributed by atoms with E-state index in [1.165, 1.54) is 0 Å². The maximum Gasteiger partial charge on any atom is 0.161 e. The van der Waals surface area contributed by atoms with Crippen molar-refractivity contribution in [3.8, 4) is 17.1 Å². The first-order chi connectivity index (χ1) is 9.52. The number of nitrogens with two attached hydrogens (primary N) is 1. The number of nitrogen functional groups attached to an aromatic ring is 1. The monoisotopic (exact) mass is 383 g/mol. The summed E-state index contributed by atoms with van der Waals surface area (Å²) in [6, 6.07) is 7.77. The molecule has 1 heterocycles. The minimum atomic E-state index is 0.307. The zero-order valence-electron chi connectivity index (χ0n) is 11.9. The van der Waals surface area contributed by atoms with Crippen molar-refractivity contribution in [2.24, 2.45) is 0 Å². The van der Waals surface area contributed by atoms with E-state index in [1.807, 2.05) is 31.2 Å². The summed E-state index contributed by atoms with van der Waals surface area (Å²) >= 11 is 2.20. The zero-order valence-corrected chi connectivity index (χ0v) is 14.0. The van der Waals surface area contributed by atoms with Crippen LogP contribution in [0, 0.1) is 3.57 Å². The molecule has 106 valence electrons. The van der Waals surface area contributed by atoms with Gasteiger partial charge >= 0.3 is 0 Å². The Labute approximate surface area is 132 Å². The molecule has 0 radical (unpaired) electrons. The molecule has 0 spiro atoms. The van der Waals surface area contributed by atoms with E-state index in [-0.39, 0.29) is 0 Å². The largest absolute Gasteiger partial charge is 0.494 e. The first-order valence-corrected chi connectivity index (χ1v) is 7.67. The lowest BCUT2D eigenvalue weighted by molar-refractivity contribution is 0.340. The Kier molecular flexibility index (Phi) is 4.80. The van der Waals surface area contributed by atoms with Crippen molar-refractivity contribution in [2.75, 3.05) is 12.3 Å². The summed E-state index contributed by atoms with van der Waals surface area (Å²) in [4.78, 5) is 9.04. The molecule has 0 unspecified atom stereocenters. The van der Waals surface area contributed by atoms with Gasteiger partial charge in [0.15, 0.2) is 5.82 Å². The fraction of sp³-hybridized carbons (Fsp3) is 0.333. The Morgan fingerprint density at radius 2 is 2.05 bits per heavy atom. The molecule has 0 atom stereocenters. The average molecular weight is 383 g/mol. The lowest BCUT2D eigenvalue weighted by Gasteiger charge is -2.12. The normalized spacial score (nSPS) is 10.8. The summed E-state index contributed by atoms with van der Waals surface area (Å²) in [7, 11) is 0. The summed E-state index contributed by atoms with van der Waals surface area (Å²) in [5.74, 6) is 2.30. The summed E-state index contributed by atoms with van der Waals surface area (Å²) in [6.45, 7) is 6.80. The molecule has 0 bridgehead atoms. The van der Waals surface area contributed by atoms with Crippen LogP contribution in [-0.2, 0) is 0 Å². The standard InChI is InChI=1S/C15H18IN3O/c1-4-20-11-7-5-6-10(8-11)15-18-13(9(2)3)12(16)14(17)19-15/h5-9H,4H2,1-3H3,(H2,17,18,19). The summed E-state index contributed by atoms with van der Waals surface area (Å²) < 4.78 is 6.44. The first-order valence-electron chi connectivity index (χ1n) is 6.59. The molecule has 0 saturated carbocycles. The molecule has 0 aliphatic heterocycles. The van der Waals surface area contributed by atoms with Crippen LogP contribution in [0.25, 0.3) is 11.4 Å². The number of aromatic nitrogens is 2. The molecule has 0 saturated heterocycles. The third-order valence-electron chi connectivity index (χ3n) is 2.85. The van der Waals surface area contributed by atoms with E-state index in [0.29, 0.717) is 24.2 Å². The molecule has 0 aliphatic carbocycles. The minimum Gasteiger partial charge on any atom is -0.494 e. The van der Waals surface area contributed by atoms with Gasteiger partial charge in [-0.05, 0) is 47.6 Å². The average Bonchev–Trinajstić information content (AvgIpc) is 2.42. The number of anilines is 1. The van der Waals surface area contributed by atoms with Crippen molar-refractivity contribution < 1.29 is 4.74 Å². The van der Waals surface area contributed by atoms with Gasteiger partial charge in [0.25, 0.3) is 0 Å². The highest BCUT2D eigenvalue weighted by Gasteiger charge is 2.14. The van der Waals surface area contributed by atoms with Crippen molar-refractivity contribution in [2.45, 2.75) is 26.7 Å². The van der Waals surface area contributed by atoms with Crippen molar-refractivity contribution in [3.05, 3.63) is 33.5 Å². The second-order valence-electron chi connectivity index (χ2n) is 4.75. The number of rotatable bonds is 4. The summed E-state index contributed by atoms with van der Waals surface area (Å²) in [5.41, 5.74) is 7.90. The van der Waals surface area contributed by atoms with Crippen LogP contribution in [0.4, 0.5) is 5.82 Å². The molecule has 2 N–H and O–H groups in total. The van der Waals surface area contributed by atoms with Crippen LogP contribution in [0.1, 0.15) is 32.4 Å². The lowest BCUT2D eigenvalue weighted by atomic mass is 10.1. The Balaban J connectivity index is 2.50. The highest BCUT2D eigenvalue weighted by atomic mass is 127. The van der Waals surface area contributed by atoms with Gasteiger partial charge in [-0.15, -0.1) is 0 Å². The molecule has 4 nitrogen and oxygen atoms in total. The number of benzene rings is 1. The van der Waals surface area contributed by atoms with Gasteiger partial charge in [-0.3, -0.25) is 0 Å². The predicted octanol–water partition coefficient (Wildman–Crippen LogP) is 3.85. The van der Waals surface area contributed by atoms with Crippen LogP contribution in [0.2, 0.25) is 0 Å². The Morgan fingerprint density at radius 3 is 2.70 bits per heavy atom. The van der Waals surface area contributed by atoms with Crippen LogP contribution in [0.5, 0.6) is 5.75 Å². The number of hydrogen-bond donors (Lipinski definition) is 1. The Morgan fingerprint density at radius 1 is 1.30 bits per heavy atom.